The average molecular weight is 322 g/mol. The lowest BCUT2D eigenvalue weighted by molar-refractivity contribution is -0.0109. The Morgan fingerprint density at radius 2 is 1.65 bits per heavy atom. The number of ether oxygens (including phenoxy) is 3. The predicted molar refractivity (Wildman–Crippen MR) is 87.4 cm³/mol. The largest absolute Gasteiger partial charge is 0.508 e. The van der Waals surface area contributed by atoms with Crippen molar-refractivity contribution in [1.29, 1.82) is 0 Å². The normalized spacial score (nSPS) is 11.9. The zero-order chi connectivity index (χ0) is 17.2. The summed E-state index contributed by atoms with van der Waals surface area (Å²) in [6.45, 7) is 8.12. The van der Waals surface area contributed by atoms with Gasteiger partial charge in [0.1, 0.15) is 12.7 Å². The van der Waals surface area contributed by atoms with E-state index in [0.717, 1.165) is 12.0 Å². The van der Waals surface area contributed by atoms with E-state index in [1.165, 1.54) is 0 Å². The van der Waals surface area contributed by atoms with Crippen LogP contribution in [0, 0.1) is 12.8 Å². The van der Waals surface area contributed by atoms with Gasteiger partial charge in [0.05, 0.1) is 12.2 Å². The molecular formula is C18H26O5. The van der Waals surface area contributed by atoms with Crippen LogP contribution in [0.3, 0.4) is 0 Å². The molecule has 1 unspecified atom stereocenters. The van der Waals surface area contributed by atoms with Crippen molar-refractivity contribution >= 4 is 12.1 Å². The van der Waals surface area contributed by atoms with Gasteiger partial charge in [0, 0.05) is 0 Å². The molecule has 0 aliphatic heterocycles. The minimum atomic E-state index is -0.730. The summed E-state index contributed by atoms with van der Waals surface area (Å²) >= 11 is 0. The monoisotopic (exact) mass is 322 g/mol. The molecule has 0 heterocycles. The summed E-state index contributed by atoms with van der Waals surface area (Å²) in [4.78, 5) is 23.6. The maximum Gasteiger partial charge on any atom is 0.508 e. The molecule has 1 rings (SSSR count). The van der Waals surface area contributed by atoms with Crippen LogP contribution < -0.4 is 0 Å². The highest BCUT2D eigenvalue weighted by Crippen LogP contribution is 2.10. The van der Waals surface area contributed by atoms with Crippen LogP contribution in [0.1, 0.15) is 49.5 Å². The van der Waals surface area contributed by atoms with E-state index in [0.29, 0.717) is 18.6 Å². The SMILES string of the molecule is CCCC(COC(=O)OCC(C)C)OC(=O)c1ccc(C)cc1. The van der Waals surface area contributed by atoms with E-state index in [2.05, 4.69) is 0 Å². The first-order valence-corrected chi connectivity index (χ1v) is 7.99. The molecule has 0 fully saturated rings. The number of hydrogen-bond acceptors (Lipinski definition) is 5. The van der Waals surface area contributed by atoms with E-state index >= 15 is 0 Å². The second kappa shape index (κ2) is 9.87. The van der Waals surface area contributed by atoms with Crippen molar-refractivity contribution in [2.45, 2.75) is 46.6 Å². The molecule has 0 aliphatic carbocycles. The summed E-state index contributed by atoms with van der Waals surface area (Å²) in [7, 11) is 0. The summed E-state index contributed by atoms with van der Waals surface area (Å²) in [5.41, 5.74) is 1.56. The third-order valence-electron chi connectivity index (χ3n) is 3.09. The third-order valence-corrected chi connectivity index (χ3v) is 3.09. The maximum atomic E-state index is 12.1. The molecule has 5 nitrogen and oxygen atoms in total. The Kier molecular flexibility index (Phi) is 8.16. The van der Waals surface area contributed by atoms with Gasteiger partial charge in [-0.15, -0.1) is 0 Å². The maximum absolute atomic E-state index is 12.1. The Labute approximate surface area is 137 Å². The predicted octanol–water partition coefficient (Wildman–Crippen LogP) is 4.13. The van der Waals surface area contributed by atoms with E-state index < -0.39 is 18.2 Å². The van der Waals surface area contributed by atoms with Crippen molar-refractivity contribution in [3.63, 3.8) is 0 Å². The van der Waals surface area contributed by atoms with Crippen LogP contribution in [0.4, 0.5) is 4.79 Å². The molecular weight excluding hydrogens is 296 g/mol. The fourth-order valence-electron chi connectivity index (χ4n) is 1.84. The molecule has 0 aromatic heterocycles. The number of benzene rings is 1. The molecule has 1 aromatic carbocycles. The number of aryl methyl sites for hydroxylation is 1. The van der Waals surface area contributed by atoms with Crippen molar-refractivity contribution in [3.05, 3.63) is 35.4 Å². The lowest BCUT2D eigenvalue weighted by atomic mass is 10.1. The summed E-state index contributed by atoms with van der Waals surface area (Å²) in [6, 6.07) is 7.15. The van der Waals surface area contributed by atoms with E-state index in [-0.39, 0.29) is 12.5 Å². The van der Waals surface area contributed by atoms with Gasteiger partial charge in [-0.05, 0) is 31.4 Å². The van der Waals surface area contributed by atoms with E-state index in [1.54, 1.807) is 12.1 Å². The highest BCUT2D eigenvalue weighted by atomic mass is 16.7. The first-order chi connectivity index (χ1) is 10.9. The van der Waals surface area contributed by atoms with Crippen LogP contribution >= 0.6 is 0 Å². The van der Waals surface area contributed by atoms with Crippen molar-refractivity contribution in [1.82, 2.24) is 0 Å². The molecule has 1 atom stereocenters. The van der Waals surface area contributed by atoms with Gasteiger partial charge in [-0.2, -0.15) is 0 Å². The molecule has 1 aromatic rings. The molecule has 0 spiro atoms. The van der Waals surface area contributed by atoms with Crippen molar-refractivity contribution in [2.24, 2.45) is 5.92 Å². The van der Waals surface area contributed by atoms with Gasteiger partial charge in [0.2, 0.25) is 0 Å². The molecule has 0 bridgehead atoms. The van der Waals surface area contributed by atoms with Crippen LogP contribution in [0.15, 0.2) is 24.3 Å². The van der Waals surface area contributed by atoms with E-state index in [1.807, 2.05) is 39.8 Å². The quantitative estimate of drug-likeness (QED) is 0.673. The third kappa shape index (κ3) is 7.68. The first-order valence-electron chi connectivity index (χ1n) is 7.99. The van der Waals surface area contributed by atoms with Crippen LogP contribution in [0.25, 0.3) is 0 Å². The Bertz CT molecular complexity index is 493. The zero-order valence-electron chi connectivity index (χ0n) is 14.3. The van der Waals surface area contributed by atoms with E-state index in [9.17, 15) is 9.59 Å². The summed E-state index contributed by atoms with van der Waals surface area (Å²) < 4.78 is 15.4. The van der Waals surface area contributed by atoms with Crippen LogP contribution in [-0.4, -0.2) is 31.4 Å². The van der Waals surface area contributed by atoms with Crippen LogP contribution in [-0.2, 0) is 14.2 Å². The Morgan fingerprint density at radius 1 is 1.04 bits per heavy atom. The van der Waals surface area contributed by atoms with Gasteiger partial charge >= 0.3 is 12.1 Å². The average Bonchev–Trinajstić information content (AvgIpc) is 2.51. The van der Waals surface area contributed by atoms with Crippen molar-refractivity contribution in [2.75, 3.05) is 13.2 Å². The number of carbonyl (C=O) groups excluding carboxylic acids is 2. The Morgan fingerprint density at radius 3 is 2.22 bits per heavy atom. The number of rotatable bonds is 8. The minimum Gasteiger partial charge on any atom is -0.455 e. The van der Waals surface area contributed by atoms with Gasteiger partial charge in [-0.25, -0.2) is 9.59 Å². The second-order valence-corrected chi connectivity index (χ2v) is 5.95. The molecule has 128 valence electrons. The topological polar surface area (TPSA) is 61.8 Å². The van der Waals surface area contributed by atoms with Gasteiger partial charge in [-0.3, -0.25) is 0 Å². The summed E-state index contributed by atoms with van der Waals surface area (Å²) in [5.74, 6) is -0.170. The number of hydrogen-bond donors (Lipinski definition) is 0. The fourth-order valence-corrected chi connectivity index (χ4v) is 1.84. The molecule has 0 amide bonds. The smallest absolute Gasteiger partial charge is 0.455 e. The summed E-state index contributed by atoms with van der Waals surface area (Å²) in [6.07, 6.45) is 0.234. The van der Waals surface area contributed by atoms with Crippen molar-refractivity contribution < 1.29 is 23.8 Å². The summed E-state index contributed by atoms with van der Waals surface area (Å²) in [5, 5.41) is 0. The van der Waals surface area contributed by atoms with Gasteiger partial charge < -0.3 is 14.2 Å². The second-order valence-electron chi connectivity index (χ2n) is 5.95. The van der Waals surface area contributed by atoms with E-state index in [4.69, 9.17) is 14.2 Å². The molecule has 0 radical (unpaired) electrons. The molecule has 5 heteroatoms. The van der Waals surface area contributed by atoms with Gasteiger partial charge in [0.25, 0.3) is 0 Å². The number of esters is 1. The highest BCUT2D eigenvalue weighted by Gasteiger charge is 2.18. The molecule has 0 saturated carbocycles. The molecule has 0 aliphatic rings. The Balaban J connectivity index is 2.49. The lowest BCUT2D eigenvalue weighted by Crippen LogP contribution is -2.26. The van der Waals surface area contributed by atoms with Crippen LogP contribution in [0.5, 0.6) is 0 Å². The van der Waals surface area contributed by atoms with Crippen LogP contribution in [0.2, 0.25) is 0 Å². The molecule has 23 heavy (non-hydrogen) atoms. The molecule has 0 N–H and O–H groups in total. The van der Waals surface area contributed by atoms with Gasteiger partial charge in [-0.1, -0.05) is 44.9 Å². The zero-order valence-corrected chi connectivity index (χ0v) is 14.3. The van der Waals surface area contributed by atoms with Crippen molar-refractivity contribution in [3.8, 4) is 0 Å². The minimum absolute atomic E-state index is 0.00235. The highest BCUT2D eigenvalue weighted by molar-refractivity contribution is 5.89. The van der Waals surface area contributed by atoms with Gasteiger partial charge in [0.15, 0.2) is 0 Å². The standard InChI is InChI=1S/C18H26O5/c1-5-6-16(12-22-18(20)21-11-13(2)3)23-17(19)15-9-7-14(4)8-10-15/h7-10,13,16H,5-6,11-12H2,1-4H3. The number of carbonyl (C=O) groups is 2. The molecule has 0 saturated heterocycles. The fraction of sp³-hybridized carbons (Fsp3) is 0.556. The Hall–Kier alpha value is -2.04. The first kappa shape index (κ1) is 19.0. The lowest BCUT2D eigenvalue weighted by Gasteiger charge is -2.17.